The summed E-state index contributed by atoms with van der Waals surface area (Å²) in [7, 11) is -3.41. The SMILES string of the molecule is CCS(=O)(=O)c1ccc(C(CO)NC(=O)c2ccc(N3C[C@H](Oc4ccc(C(F)(F)F)cc4)C[C@H]3COC(C)(F)F)cc2)cc1. The number of rotatable bonds is 12. The van der Waals surface area contributed by atoms with Crippen LogP contribution in [-0.4, -0.2) is 63.2 Å². The number of hydrogen-bond acceptors (Lipinski definition) is 7. The number of hydrogen-bond donors (Lipinski definition) is 2. The first-order valence-electron chi connectivity index (χ1n) is 14.1. The smallest absolute Gasteiger partial charge is 0.416 e. The molecule has 45 heavy (non-hydrogen) atoms. The van der Waals surface area contributed by atoms with Crippen LogP contribution in [0.25, 0.3) is 0 Å². The Balaban J connectivity index is 1.45. The molecular weight excluding hydrogens is 623 g/mol. The van der Waals surface area contributed by atoms with Gasteiger partial charge in [-0.15, -0.1) is 0 Å². The van der Waals surface area contributed by atoms with Crippen LogP contribution in [-0.2, 0) is 20.8 Å². The molecule has 0 spiro atoms. The van der Waals surface area contributed by atoms with Gasteiger partial charge in [-0.2, -0.15) is 22.0 Å². The first kappa shape index (κ1) is 34.1. The van der Waals surface area contributed by atoms with E-state index >= 15 is 0 Å². The first-order valence-corrected chi connectivity index (χ1v) is 15.7. The fourth-order valence-electron chi connectivity index (χ4n) is 4.95. The summed E-state index contributed by atoms with van der Waals surface area (Å²) in [6, 6.07) is 15.0. The molecule has 1 unspecified atom stereocenters. The van der Waals surface area contributed by atoms with Gasteiger partial charge in [0, 0.05) is 24.6 Å². The number of aliphatic hydroxyl groups excluding tert-OH is 1. The van der Waals surface area contributed by atoms with Crippen molar-refractivity contribution in [2.45, 2.75) is 55.6 Å². The molecule has 2 N–H and O–H groups in total. The fourth-order valence-corrected chi connectivity index (χ4v) is 5.83. The maximum Gasteiger partial charge on any atom is 0.416 e. The Hall–Kier alpha value is -3.75. The molecular formula is C31H33F5N2O6S. The van der Waals surface area contributed by atoms with Gasteiger partial charge >= 0.3 is 12.3 Å². The third kappa shape index (κ3) is 8.92. The van der Waals surface area contributed by atoms with Gasteiger partial charge in [-0.25, -0.2) is 8.42 Å². The molecule has 3 atom stereocenters. The predicted octanol–water partition coefficient (Wildman–Crippen LogP) is 5.62. The second kappa shape index (κ2) is 13.7. The number of nitrogens with zero attached hydrogens (tertiary/aromatic N) is 1. The quantitative estimate of drug-likeness (QED) is 0.244. The lowest BCUT2D eigenvalue weighted by Crippen LogP contribution is -2.35. The molecule has 4 rings (SSSR count). The second-order valence-electron chi connectivity index (χ2n) is 10.7. The van der Waals surface area contributed by atoms with Crippen LogP contribution >= 0.6 is 0 Å². The predicted molar refractivity (Wildman–Crippen MR) is 156 cm³/mol. The third-order valence-electron chi connectivity index (χ3n) is 7.36. The highest BCUT2D eigenvalue weighted by atomic mass is 32.2. The van der Waals surface area contributed by atoms with E-state index in [-0.39, 0.29) is 41.5 Å². The topological polar surface area (TPSA) is 105 Å². The Morgan fingerprint density at radius 2 is 1.62 bits per heavy atom. The Bertz CT molecular complexity index is 1540. The number of alkyl halides is 5. The van der Waals surface area contributed by atoms with Gasteiger partial charge in [-0.1, -0.05) is 19.1 Å². The van der Waals surface area contributed by atoms with Crippen LogP contribution < -0.4 is 15.0 Å². The zero-order chi connectivity index (χ0) is 33.0. The lowest BCUT2D eigenvalue weighted by Gasteiger charge is -2.27. The standard InChI is InChI=1S/C31H33F5N2O6S/c1-3-45(41,42)27-14-6-20(7-15-27)28(18-39)37-29(40)21-4-10-23(11-5-21)38-17-26(16-24(38)19-43-30(2,32)33)44-25-12-8-22(9-13-25)31(34,35)36/h4-15,24,26,28,39H,3,16-19H2,1-2H3,(H,37,40)/t24-,26+,28?/m0/s1. The van der Waals surface area contributed by atoms with E-state index in [4.69, 9.17) is 9.47 Å². The fraction of sp³-hybridized carbons (Fsp3) is 0.387. The minimum absolute atomic E-state index is 0.0639. The number of sulfone groups is 1. The van der Waals surface area contributed by atoms with Gasteiger partial charge in [-0.3, -0.25) is 4.79 Å². The summed E-state index contributed by atoms with van der Waals surface area (Å²) >= 11 is 0. The Morgan fingerprint density at radius 3 is 2.16 bits per heavy atom. The number of carbonyl (C=O) groups excluding carboxylic acids is 1. The molecule has 244 valence electrons. The highest BCUT2D eigenvalue weighted by molar-refractivity contribution is 7.91. The Morgan fingerprint density at radius 1 is 1.00 bits per heavy atom. The maximum absolute atomic E-state index is 13.5. The molecule has 1 aliphatic rings. The number of nitrogens with one attached hydrogen (secondary N) is 1. The summed E-state index contributed by atoms with van der Waals surface area (Å²) in [6.45, 7) is 1.57. The first-order chi connectivity index (χ1) is 21.1. The Labute approximate surface area is 257 Å². The largest absolute Gasteiger partial charge is 0.489 e. The van der Waals surface area contributed by atoms with E-state index in [0.29, 0.717) is 18.2 Å². The van der Waals surface area contributed by atoms with Crippen molar-refractivity contribution in [1.29, 1.82) is 0 Å². The second-order valence-corrected chi connectivity index (χ2v) is 12.9. The minimum Gasteiger partial charge on any atom is -0.489 e. The van der Waals surface area contributed by atoms with Crippen molar-refractivity contribution < 1.29 is 49.7 Å². The number of aliphatic hydroxyl groups is 1. The van der Waals surface area contributed by atoms with Gasteiger partial charge in [0.2, 0.25) is 0 Å². The molecule has 0 aliphatic carbocycles. The lowest BCUT2D eigenvalue weighted by molar-refractivity contribution is -0.225. The van der Waals surface area contributed by atoms with E-state index in [1.807, 2.05) is 0 Å². The summed E-state index contributed by atoms with van der Waals surface area (Å²) < 4.78 is 101. The summed E-state index contributed by atoms with van der Waals surface area (Å²) in [6.07, 6.45) is -8.18. The molecule has 1 amide bonds. The van der Waals surface area contributed by atoms with Crippen LogP contribution in [0, 0.1) is 0 Å². The number of carbonyl (C=O) groups is 1. The molecule has 0 bridgehead atoms. The van der Waals surface area contributed by atoms with Crippen LogP contribution in [0.2, 0.25) is 0 Å². The monoisotopic (exact) mass is 656 g/mol. The lowest BCUT2D eigenvalue weighted by atomic mass is 10.1. The number of benzene rings is 3. The van der Waals surface area contributed by atoms with Crippen molar-refractivity contribution >= 4 is 21.4 Å². The summed E-state index contributed by atoms with van der Waals surface area (Å²) in [4.78, 5) is 14.9. The van der Waals surface area contributed by atoms with Crippen molar-refractivity contribution in [1.82, 2.24) is 5.32 Å². The van der Waals surface area contributed by atoms with Crippen LogP contribution in [0.5, 0.6) is 5.75 Å². The highest BCUT2D eigenvalue weighted by Gasteiger charge is 2.36. The number of anilines is 1. The van der Waals surface area contributed by atoms with E-state index in [0.717, 1.165) is 12.1 Å². The van der Waals surface area contributed by atoms with Crippen molar-refractivity contribution in [3.05, 3.63) is 89.5 Å². The molecule has 3 aromatic carbocycles. The van der Waals surface area contributed by atoms with Crippen molar-refractivity contribution in [3.8, 4) is 5.75 Å². The number of amides is 1. The van der Waals surface area contributed by atoms with E-state index in [9.17, 15) is 40.3 Å². The van der Waals surface area contributed by atoms with Crippen LogP contribution in [0.3, 0.4) is 0 Å². The normalized spacial score (nSPS) is 18.1. The van der Waals surface area contributed by atoms with Crippen molar-refractivity contribution in [3.63, 3.8) is 0 Å². The highest BCUT2D eigenvalue weighted by Crippen LogP contribution is 2.33. The molecule has 3 aromatic rings. The molecule has 14 heteroatoms. The molecule has 1 fully saturated rings. The van der Waals surface area contributed by atoms with E-state index in [1.165, 1.54) is 55.5 Å². The van der Waals surface area contributed by atoms with E-state index in [2.05, 4.69) is 5.32 Å². The van der Waals surface area contributed by atoms with Gasteiger partial charge in [-0.05, 0) is 66.2 Å². The summed E-state index contributed by atoms with van der Waals surface area (Å²) in [5.41, 5.74) is 0.495. The molecule has 8 nitrogen and oxygen atoms in total. The molecule has 0 aromatic heterocycles. The maximum atomic E-state index is 13.5. The summed E-state index contributed by atoms with van der Waals surface area (Å²) in [5, 5.41) is 12.6. The van der Waals surface area contributed by atoms with E-state index in [1.54, 1.807) is 17.0 Å². The average molecular weight is 657 g/mol. The zero-order valence-electron chi connectivity index (χ0n) is 24.4. The van der Waals surface area contributed by atoms with Crippen LogP contribution in [0.1, 0.15) is 47.8 Å². The van der Waals surface area contributed by atoms with Gasteiger partial charge in [0.25, 0.3) is 5.91 Å². The molecule has 1 heterocycles. The van der Waals surface area contributed by atoms with Crippen molar-refractivity contribution in [2.75, 3.05) is 30.4 Å². The van der Waals surface area contributed by atoms with Gasteiger partial charge in [0.15, 0.2) is 9.84 Å². The molecule has 1 aliphatic heterocycles. The van der Waals surface area contributed by atoms with Gasteiger partial charge < -0.3 is 24.8 Å². The van der Waals surface area contributed by atoms with Crippen LogP contribution in [0.15, 0.2) is 77.7 Å². The molecule has 0 saturated carbocycles. The minimum atomic E-state index is -4.50. The van der Waals surface area contributed by atoms with Crippen molar-refractivity contribution in [2.24, 2.45) is 0 Å². The zero-order valence-corrected chi connectivity index (χ0v) is 25.2. The van der Waals surface area contributed by atoms with Gasteiger partial charge in [0.05, 0.1) is 48.1 Å². The Kier molecular flexibility index (Phi) is 10.4. The number of halogens is 5. The van der Waals surface area contributed by atoms with Crippen LogP contribution in [0.4, 0.5) is 27.6 Å². The summed E-state index contributed by atoms with van der Waals surface area (Å²) in [5.74, 6) is -0.380. The average Bonchev–Trinajstić information content (AvgIpc) is 3.40. The van der Waals surface area contributed by atoms with Gasteiger partial charge in [0.1, 0.15) is 11.9 Å². The molecule has 0 radical (unpaired) electrons. The number of ether oxygens (including phenoxy) is 2. The van der Waals surface area contributed by atoms with E-state index < -0.39 is 58.4 Å². The molecule has 1 saturated heterocycles. The third-order valence-corrected chi connectivity index (χ3v) is 9.11.